The van der Waals surface area contributed by atoms with Crippen LogP contribution in [0.3, 0.4) is 0 Å². The first kappa shape index (κ1) is 21.7. The second kappa shape index (κ2) is 9.77. The summed E-state index contributed by atoms with van der Waals surface area (Å²) in [5, 5.41) is 0.869. The van der Waals surface area contributed by atoms with Crippen molar-refractivity contribution in [1.82, 2.24) is 14.8 Å². The third-order valence-electron chi connectivity index (χ3n) is 5.56. The molecule has 7 heteroatoms. The molecule has 1 fully saturated rings. The van der Waals surface area contributed by atoms with E-state index in [2.05, 4.69) is 14.8 Å². The first-order valence-electron chi connectivity index (χ1n) is 10.4. The predicted molar refractivity (Wildman–Crippen MR) is 118 cm³/mol. The molecule has 0 radical (unpaired) electrons. The molecular formula is C24H25F2N3OS. The van der Waals surface area contributed by atoms with Crippen LogP contribution in [0.15, 0.2) is 54.7 Å². The second-order valence-corrected chi connectivity index (χ2v) is 9.22. The van der Waals surface area contributed by atoms with Crippen molar-refractivity contribution < 1.29 is 13.6 Å². The molecule has 0 unspecified atom stereocenters. The summed E-state index contributed by atoms with van der Waals surface area (Å²) in [7, 11) is 0. The van der Waals surface area contributed by atoms with Crippen molar-refractivity contribution in [2.24, 2.45) is 0 Å². The van der Waals surface area contributed by atoms with E-state index < -0.39 is 0 Å². The maximum absolute atomic E-state index is 13.5. The van der Waals surface area contributed by atoms with Gasteiger partial charge in [0.1, 0.15) is 16.6 Å². The summed E-state index contributed by atoms with van der Waals surface area (Å²) in [6.45, 7) is 5.48. The van der Waals surface area contributed by atoms with Gasteiger partial charge in [0.25, 0.3) is 0 Å². The average molecular weight is 442 g/mol. The van der Waals surface area contributed by atoms with Crippen LogP contribution in [-0.2, 0) is 11.2 Å². The molecule has 0 atom stereocenters. The van der Waals surface area contributed by atoms with Gasteiger partial charge in [0.05, 0.1) is 19.0 Å². The largest absolute Gasteiger partial charge is 0.298 e. The van der Waals surface area contributed by atoms with Gasteiger partial charge in [0.15, 0.2) is 5.78 Å². The molecule has 0 bridgehead atoms. The number of rotatable bonds is 7. The molecule has 0 N–H and O–H groups in total. The summed E-state index contributed by atoms with van der Waals surface area (Å²) in [5.74, 6) is -0.378. The zero-order valence-corrected chi connectivity index (χ0v) is 18.2. The van der Waals surface area contributed by atoms with Gasteiger partial charge in [-0.2, -0.15) is 0 Å². The fourth-order valence-corrected chi connectivity index (χ4v) is 4.86. The summed E-state index contributed by atoms with van der Waals surface area (Å²) in [5.41, 5.74) is 1.94. The molecule has 3 aromatic rings. The molecular weight excluding hydrogens is 416 g/mol. The third-order valence-corrected chi connectivity index (χ3v) is 6.47. The zero-order chi connectivity index (χ0) is 21.8. The maximum atomic E-state index is 13.5. The molecule has 1 aliphatic heterocycles. The first-order chi connectivity index (χ1) is 15.0. The van der Waals surface area contributed by atoms with Gasteiger partial charge in [-0.1, -0.05) is 24.3 Å². The Bertz CT molecular complexity index is 967. The molecule has 2 aromatic carbocycles. The highest BCUT2D eigenvalue weighted by atomic mass is 32.1. The van der Waals surface area contributed by atoms with Gasteiger partial charge in [-0.15, -0.1) is 11.3 Å². The van der Waals surface area contributed by atoms with Crippen LogP contribution in [0.2, 0.25) is 0 Å². The summed E-state index contributed by atoms with van der Waals surface area (Å²) < 4.78 is 26.9. The zero-order valence-electron chi connectivity index (χ0n) is 17.4. The summed E-state index contributed by atoms with van der Waals surface area (Å²) in [4.78, 5) is 22.3. The Morgan fingerprint density at radius 2 is 1.52 bits per heavy atom. The fourth-order valence-electron chi connectivity index (χ4n) is 4.04. The van der Waals surface area contributed by atoms with Gasteiger partial charge < -0.3 is 0 Å². The van der Waals surface area contributed by atoms with Crippen LogP contribution < -0.4 is 0 Å². The standard InChI is InChI=1S/C24H25F2N3OS/c1-17-15-27-23(31-17)14-22(30)16-28-10-12-29(13-11-28)24(18-2-6-20(25)7-3-18)19-4-8-21(26)9-5-19/h2-9,15,24H,10-14,16H2,1H3. The molecule has 0 saturated carbocycles. The number of hydrogen-bond donors (Lipinski definition) is 0. The van der Waals surface area contributed by atoms with Crippen molar-refractivity contribution in [2.75, 3.05) is 32.7 Å². The van der Waals surface area contributed by atoms with Gasteiger partial charge in [-0.25, -0.2) is 13.8 Å². The number of halogens is 2. The minimum absolute atomic E-state index is 0.0858. The number of piperazine rings is 1. The smallest absolute Gasteiger partial charge is 0.153 e. The number of nitrogens with zero attached hydrogens (tertiary/aromatic N) is 3. The Kier molecular flexibility index (Phi) is 6.85. The van der Waals surface area contributed by atoms with Crippen LogP contribution in [0.1, 0.15) is 27.1 Å². The normalized spacial score (nSPS) is 15.5. The molecule has 162 valence electrons. The monoisotopic (exact) mass is 441 g/mol. The summed E-state index contributed by atoms with van der Waals surface area (Å²) in [6, 6.07) is 12.9. The lowest BCUT2D eigenvalue weighted by atomic mass is 9.96. The van der Waals surface area contributed by atoms with Crippen molar-refractivity contribution in [3.8, 4) is 0 Å². The van der Waals surface area contributed by atoms with Crippen LogP contribution in [0.5, 0.6) is 0 Å². The number of ketones is 1. The van der Waals surface area contributed by atoms with Gasteiger partial charge in [-0.3, -0.25) is 14.6 Å². The summed E-state index contributed by atoms with van der Waals surface area (Å²) >= 11 is 1.57. The predicted octanol–water partition coefficient (Wildman–Crippen LogP) is 4.25. The number of aromatic nitrogens is 1. The fraction of sp³-hybridized carbons (Fsp3) is 0.333. The van der Waals surface area contributed by atoms with Crippen molar-refractivity contribution in [1.29, 1.82) is 0 Å². The minimum Gasteiger partial charge on any atom is -0.298 e. The SMILES string of the molecule is Cc1cnc(CC(=O)CN2CCN(C(c3ccc(F)cc3)c3ccc(F)cc3)CC2)s1. The Morgan fingerprint density at radius 1 is 0.968 bits per heavy atom. The van der Waals surface area contributed by atoms with E-state index in [1.165, 1.54) is 24.3 Å². The number of aryl methyl sites for hydroxylation is 1. The number of Topliss-reactive ketones (excluding diaryl/α,β-unsaturated/α-hetero) is 1. The maximum Gasteiger partial charge on any atom is 0.153 e. The number of hydrogen-bond acceptors (Lipinski definition) is 5. The highest BCUT2D eigenvalue weighted by molar-refractivity contribution is 7.11. The van der Waals surface area contributed by atoms with Crippen LogP contribution in [0.25, 0.3) is 0 Å². The van der Waals surface area contributed by atoms with E-state index in [4.69, 9.17) is 0 Å². The summed E-state index contributed by atoms with van der Waals surface area (Å²) in [6.07, 6.45) is 2.18. The molecule has 31 heavy (non-hydrogen) atoms. The minimum atomic E-state index is -0.277. The molecule has 4 rings (SSSR count). The Hall–Kier alpha value is -2.48. The highest BCUT2D eigenvalue weighted by Crippen LogP contribution is 2.30. The van der Waals surface area contributed by atoms with Crippen molar-refractivity contribution in [3.63, 3.8) is 0 Å². The lowest BCUT2D eigenvalue weighted by Gasteiger charge is -2.39. The number of thiazole rings is 1. The van der Waals surface area contributed by atoms with Gasteiger partial charge >= 0.3 is 0 Å². The van der Waals surface area contributed by atoms with Crippen LogP contribution in [-0.4, -0.2) is 53.3 Å². The van der Waals surface area contributed by atoms with E-state index in [9.17, 15) is 13.6 Å². The van der Waals surface area contributed by atoms with Gasteiger partial charge in [0, 0.05) is 37.3 Å². The van der Waals surface area contributed by atoms with E-state index in [-0.39, 0.29) is 23.5 Å². The lowest BCUT2D eigenvalue weighted by molar-refractivity contribution is -0.120. The molecule has 2 heterocycles. The van der Waals surface area contributed by atoms with E-state index in [0.29, 0.717) is 13.0 Å². The molecule has 4 nitrogen and oxygen atoms in total. The van der Waals surface area contributed by atoms with Gasteiger partial charge in [-0.05, 0) is 42.3 Å². The molecule has 1 saturated heterocycles. The molecule has 1 aromatic heterocycles. The first-order valence-corrected chi connectivity index (χ1v) is 11.2. The van der Waals surface area contributed by atoms with Gasteiger partial charge in [0.2, 0.25) is 0 Å². The Labute approximate surface area is 185 Å². The molecule has 0 aliphatic carbocycles. The van der Waals surface area contributed by atoms with Crippen LogP contribution in [0, 0.1) is 18.6 Å². The Balaban J connectivity index is 1.42. The number of carbonyl (C=O) groups excluding carboxylic acids is 1. The topological polar surface area (TPSA) is 36.4 Å². The molecule has 1 aliphatic rings. The van der Waals surface area contributed by atoms with Crippen LogP contribution >= 0.6 is 11.3 Å². The number of benzene rings is 2. The average Bonchev–Trinajstić information content (AvgIpc) is 3.16. The van der Waals surface area contributed by atoms with E-state index in [0.717, 1.165) is 47.2 Å². The van der Waals surface area contributed by atoms with E-state index >= 15 is 0 Å². The highest BCUT2D eigenvalue weighted by Gasteiger charge is 2.27. The van der Waals surface area contributed by atoms with E-state index in [1.807, 2.05) is 6.92 Å². The second-order valence-electron chi connectivity index (χ2n) is 7.90. The van der Waals surface area contributed by atoms with Crippen LogP contribution in [0.4, 0.5) is 8.78 Å². The van der Waals surface area contributed by atoms with Crippen molar-refractivity contribution >= 4 is 17.1 Å². The molecule has 0 amide bonds. The van der Waals surface area contributed by atoms with E-state index in [1.54, 1.807) is 41.8 Å². The Morgan fingerprint density at radius 3 is 2.00 bits per heavy atom. The van der Waals surface area contributed by atoms with Crippen molar-refractivity contribution in [3.05, 3.63) is 87.4 Å². The van der Waals surface area contributed by atoms with Crippen molar-refractivity contribution in [2.45, 2.75) is 19.4 Å². The third kappa shape index (κ3) is 5.61. The lowest BCUT2D eigenvalue weighted by Crippen LogP contribution is -2.49. The quantitative estimate of drug-likeness (QED) is 0.549. The number of carbonyl (C=O) groups is 1. The molecule has 0 spiro atoms.